The first-order valence-corrected chi connectivity index (χ1v) is 5.20. The minimum absolute atomic E-state index is 0.0390. The molecule has 6 nitrogen and oxygen atoms in total. The first-order chi connectivity index (χ1) is 7.62. The van der Waals surface area contributed by atoms with Crippen molar-refractivity contribution in [2.45, 2.75) is 13.8 Å². The number of rotatable bonds is 4. The van der Waals surface area contributed by atoms with Crippen LogP contribution in [0.25, 0.3) is 11.2 Å². The molecule has 6 heteroatoms. The van der Waals surface area contributed by atoms with Gasteiger partial charge in [-0.3, -0.25) is 0 Å². The van der Waals surface area contributed by atoms with Crippen molar-refractivity contribution >= 4 is 17.0 Å². The van der Waals surface area contributed by atoms with Gasteiger partial charge >= 0.3 is 0 Å². The lowest BCUT2D eigenvalue weighted by Gasteiger charge is -2.22. The molecule has 0 atom stereocenters. The number of nitrogens with two attached hydrogens (primary N) is 1. The second-order valence-corrected chi connectivity index (χ2v) is 4.55. The van der Waals surface area contributed by atoms with Crippen molar-refractivity contribution in [3.8, 4) is 0 Å². The highest BCUT2D eigenvalue weighted by molar-refractivity contribution is 5.81. The molecule has 0 fully saturated rings. The van der Waals surface area contributed by atoms with Crippen LogP contribution in [-0.2, 0) is 0 Å². The van der Waals surface area contributed by atoms with Crippen LogP contribution in [0.3, 0.4) is 0 Å². The van der Waals surface area contributed by atoms with Gasteiger partial charge in [0, 0.05) is 6.54 Å². The third-order valence-corrected chi connectivity index (χ3v) is 2.51. The van der Waals surface area contributed by atoms with Crippen molar-refractivity contribution in [3.63, 3.8) is 0 Å². The van der Waals surface area contributed by atoms with E-state index in [1.807, 2.05) is 0 Å². The molecule has 0 aliphatic rings. The maximum atomic E-state index is 5.67. The Balaban J connectivity index is 2.18. The van der Waals surface area contributed by atoms with Crippen LogP contribution in [0.1, 0.15) is 13.8 Å². The third kappa shape index (κ3) is 2.11. The zero-order valence-corrected chi connectivity index (χ0v) is 9.49. The topological polar surface area (TPSA) is 92.5 Å². The summed E-state index contributed by atoms with van der Waals surface area (Å²) in [5.74, 6) is 0.768. The van der Waals surface area contributed by atoms with Crippen molar-refractivity contribution in [3.05, 3.63) is 12.7 Å². The van der Waals surface area contributed by atoms with E-state index in [0.29, 0.717) is 12.2 Å². The molecule has 0 saturated heterocycles. The monoisotopic (exact) mass is 220 g/mol. The molecular weight excluding hydrogens is 204 g/mol. The highest BCUT2D eigenvalue weighted by Gasteiger charge is 2.16. The van der Waals surface area contributed by atoms with E-state index in [-0.39, 0.29) is 5.41 Å². The van der Waals surface area contributed by atoms with Gasteiger partial charge in [-0.1, -0.05) is 13.8 Å². The summed E-state index contributed by atoms with van der Waals surface area (Å²) >= 11 is 0. The Labute approximate surface area is 93.7 Å². The Morgan fingerprint density at radius 2 is 2.19 bits per heavy atom. The summed E-state index contributed by atoms with van der Waals surface area (Å²) in [4.78, 5) is 15.3. The maximum absolute atomic E-state index is 5.67. The zero-order chi connectivity index (χ0) is 11.6. The minimum Gasteiger partial charge on any atom is -0.368 e. The van der Waals surface area contributed by atoms with Gasteiger partial charge in [-0.25, -0.2) is 15.0 Å². The molecule has 0 aliphatic carbocycles. The number of fused-ring (bicyclic) bond motifs is 1. The lowest BCUT2D eigenvalue weighted by atomic mass is 9.94. The van der Waals surface area contributed by atoms with Gasteiger partial charge in [0.2, 0.25) is 0 Å². The molecule has 2 aromatic rings. The predicted octanol–water partition coefficient (Wildman–Crippen LogP) is 0.750. The number of H-pyrrole nitrogens is 1. The Bertz CT molecular complexity index is 475. The predicted molar refractivity (Wildman–Crippen MR) is 63.0 cm³/mol. The lowest BCUT2D eigenvalue weighted by molar-refractivity contribution is 0.405. The van der Waals surface area contributed by atoms with Gasteiger partial charge < -0.3 is 16.0 Å². The van der Waals surface area contributed by atoms with Crippen LogP contribution in [0.4, 0.5) is 5.82 Å². The molecule has 0 radical (unpaired) electrons. The quantitative estimate of drug-likeness (QED) is 0.707. The standard InChI is InChI=1S/C10H16N6/c1-10(2,3-11)4-12-8-7-9(14-5-13-7)16-6-15-8/h5-6H,3-4,11H2,1-2H3,(H2,12,13,14,15,16). The van der Waals surface area contributed by atoms with Crippen molar-refractivity contribution in [1.29, 1.82) is 0 Å². The van der Waals surface area contributed by atoms with E-state index < -0.39 is 0 Å². The normalized spacial score (nSPS) is 11.9. The van der Waals surface area contributed by atoms with Crippen LogP contribution in [0.15, 0.2) is 12.7 Å². The minimum atomic E-state index is 0.0390. The smallest absolute Gasteiger partial charge is 0.182 e. The van der Waals surface area contributed by atoms with Crippen molar-refractivity contribution < 1.29 is 0 Å². The Kier molecular flexibility index (Phi) is 2.74. The van der Waals surface area contributed by atoms with Crippen LogP contribution >= 0.6 is 0 Å². The zero-order valence-electron chi connectivity index (χ0n) is 9.49. The Hall–Kier alpha value is -1.69. The number of imidazole rings is 1. The highest BCUT2D eigenvalue weighted by atomic mass is 15.1. The van der Waals surface area contributed by atoms with Crippen LogP contribution in [0, 0.1) is 5.41 Å². The molecule has 0 saturated carbocycles. The fraction of sp³-hybridized carbons (Fsp3) is 0.500. The first kappa shape index (κ1) is 10.8. The molecule has 0 aliphatic heterocycles. The summed E-state index contributed by atoms with van der Waals surface area (Å²) in [6, 6.07) is 0. The van der Waals surface area contributed by atoms with E-state index in [1.165, 1.54) is 6.33 Å². The maximum Gasteiger partial charge on any atom is 0.182 e. The van der Waals surface area contributed by atoms with Gasteiger partial charge in [-0.15, -0.1) is 0 Å². The van der Waals surface area contributed by atoms with Gasteiger partial charge in [-0.2, -0.15) is 0 Å². The van der Waals surface area contributed by atoms with Crippen LogP contribution in [0.5, 0.6) is 0 Å². The van der Waals surface area contributed by atoms with Crippen LogP contribution in [-0.4, -0.2) is 33.0 Å². The number of nitrogens with one attached hydrogen (secondary N) is 2. The molecule has 0 unspecified atom stereocenters. The van der Waals surface area contributed by atoms with Crippen molar-refractivity contribution in [2.75, 3.05) is 18.4 Å². The van der Waals surface area contributed by atoms with Gasteiger partial charge in [0.25, 0.3) is 0 Å². The Morgan fingerprint density at radius 3 is 2.94 bits per heavy atom. The fourth-order valence-corrected chi connectivity index (χ4v) is 1.29. The fourth-order valence-electron chi connectivity index (χ4n) is 1.29. The Morgan fingerprint density at radius 1 is 1.38 bits per heavy atom. The van der Waals surface area contributed by atoms with E-state index in [9.17, 15) is 0 Å². The molecule has 2 rings (SSSR count). The second-order valence-electron chi connectivity index (χ2n) is 4.55. The number of anilines is 1. The number of nitrogens with zero attached hydrogens (tertiary/aromatic N) is 3. The third-order valence-electron chi connectivity index (χ3n) is 2.51. The van der Waals surface area contributed by atoms with Gasteiger partial charge in [0.15, 0.2) is 11.5 Å². The average molecular weight is 220 g/mol. The summed E-state index contributed by atoms with van der Waals surface area (Å²) < 4.78 is 0. The van der Waals surface area contributed by atoms with Crippen LogP contribution < -0.4 is 11.1 Å². The van der Waals surface area contributed by atoms with Crippen LogP contribution in [0.2, 0.25) is 0 Å². The number of aromatic amines is 1. The summed E-state index contributed by atoms with van der Waals surface area (Å²) in [6.45, 7) is 5.59. The van der Waals surface area contributed by atoms with E-state index in [1.54, 1.807) is 6.33 Å². The molecule has 2 aromatic heterocycles. The van der Waals surface area contributed by atoms with E-state index in [2.05, 4.69) is 39.1 Å². The molecule has 16 heavy (non-hydrogen) atoms. The molecular formula is C10H16N6. The SMILES string of the molecule is CC(C)(CN)CNc1ncnc2nc[nH]c12. The van der Waals surface area contributed by atoms with Gasteiger partial charge in [0.05, 0.1) is 6.33 Å². The molecule has 86 valence electrons. The van der Waals surface area contributed by atoms with E-state index in [0.717, 1.165) is 17.9 Å². The molecule has 0 amide bonds. The van der Waals surface area contributed by atoms with Crippen molar-refractivity contribution in [2.24, 2.45) is 11.1 Å². The number of hydrogen-bond acceptors (Lipinski definition) is 5. The molecule has 0 bridgehead atoms. The largest absolute Gasteiger partial charge is 0.368 e. The summed E-state index contributed by atoms with van der Waals surface area (Å²) in [5.41, 5.74) is 7.21. The molecule has 4 N–H and O–H groups in total. The average Bonchev–Trinajstić information content (AvgIpc) is 2.75. The second kappa shape index (κ2) is 4.05. The summed E-state index contributed by atoms with van der Waals surface area (Å²) in [5, 5.41) is 3.26. The van der Waals surface area contributed by atoms with E-state index >= 15 is 0 Å². The van der Waals surface area contributed by atoms with Gasteiger partial charge in [0.1, 0.15) is 11.8 Å². The summed E-state index contributed by atoms with van der Waals surface area (Å²) in [7, 11) is 0. The van der Waals surface area contributed by atoms with E-state index in [4.69, 9.17) is 5.73 Å². The molecule has 2 heterocycles. The molecule has 0 aromatic carbocycles. The number of aromatic nitrogens is 4. The summed E-state index contributed by atoms with van der Waals surface area (Å²) in [6.07, 6.45) is 3.11. The lowest BCUT2D eigenvalue weighted by Crippen LogP contribution is -2.31. The van der Waals surface area contributed by atoms with Gasteiger partial charge in [-0.05, 0) is 12.0 Å². The molecule has 0 spiro atoms. The highest BCUT2D eigenvalue weighted by Crippen LogP contribution is 2.18. The number of hydrogen-bond donors (Lipinski definition) is 3. The van der Waals surface area contributed by atoms with Crippen molar-refractivity contribution in [1.82, 2.24) is 19.9 Å². The first-order valence-electron chi connectivity index (χ1n) is 5.20.